The van der Waals surface area contributed by atoms with Crippen LogP contribution in [0.1, 0.15) is 11.4 Å². The summed E-state index contributed by atoms with van der Waals surface area (Å²) in [6.07, 6.45) is 1.58. The van der Waals surface area contributed by atoms with Crippen molar-refractivity contribution in [1.82, 2.24) is 14.9 Å². The maximum atomic E-state index is 10.6. The predicted molar refractivity (Wildman–Crippen MR) is 74.2 cm³/mol. The summed E-state index contributed by atoms with van der Waals surface area (Å²) >= 11 is 1.05. The molecule has 2 aromatic rings. The van der Waals surface area contributed by atoms with E-state index in [1.807, 2.05) is 0 Å². The molecule has 8 heteroatoms. The number of phenols is 1. The molecule has 1 aromatic carbocycles. The van der Waals surface area contributed by atoms with Gasteiger partial charge in [-0.25, -0.2) is 0 Å². The van der Waals surface area contributed by atoms with Gasteiger partial charge in [0.05, 0.1) is 12.0 Å². The van der Waals surface area contributed by atoms with Crippen LogP contribution in [-0.2, 0) is 4.79 Å². The molecule has 0 atom stereocenters. The van der Waals surface area contributed by atoms with Crippen molar-refractivity contribution < 1.29 is 15.0 Å². The van der Waals surface area contributed by atoms with E-state index in [2.05, 4.69) is 15.3 Å². The van der Waals surface area contributed by atoms with Crippen LogP contribution in [0.25, 0.3) is 0 Å². The number of aryl methyl sites for hydroxylation is 1. The zero-order valence-electron chi connectivity index (χ0n) is 10.6. The summed E-state index contributed by atoms with van der Waals surface area (Å²) in [4.78, 5) is 10.6. The highest BCUT2D eigenvalue weighted by molar-refractivity contribution is 7.99. The molecule has 0 bridgehead atoms. The minimum Gasteiger partial charge on any atom is -0.508 e. The first kappa shape index (κ1) is 14.1. The second kappa shape index (κ2) is 6.20. The van der Waals surface area contributed by atoms with Gasteiger partial charge in [0.25, 0.3) is 0 Å². The van der Waals surface area contributed by atoms with Crippen molar-refractivity contribution in [1.29, 1.82) is 0 Å². The number of aromatic hydroxyl groups is 1. The minimum atomic E-state index is -0.926. The Kier molecular flexibility index (Phi) is 4.36. The summed E-state index contributed by atoms with van der Waals surface area (Å²) in [5, 5.41) is 30.2. The molecule has 2 N–H and O–H groups in total. The number of phenolic OH excluding ortho intramolecular Hbond substituents is 1. The van der Waals surface area contributed by atoms with Crippen molar-refractivity contribution in [2.45, 2.75) is 12.1 Å². The summed E-state index contributed by atoms with van der Waals surface area (Å²) in [6, 6.07) is 6.53. The fraction of sp³-hybridized carbons (Fsp3) is 0.167. The third kappa shape index (κ3) is 3.58. The first-order valence-electron chi connectivity index (χ1n) is 5.66. The first-order chi connectivity index (χ1) is 9.56. The zero-order valence-corrected chi connectivity index (χ0v) is 11.4. The Hall–Kier alpha value is -2.35. The van der Waals surface area contributed by atoms with E-state index in [0.29, 0.717) is 11.0 Å². The van der Waals surface area contributed by atoms with Gasteiger partial charge in [0.2, 0.25) is 5.16 Å². The number of aromatic nitrogens is 3. The summed E-state index contributed by atoms with van der Waals surface area (Å²) in [5.41, 5.74) is 0.796. The second-order valence-corrected chi connectivity index (χ2v) is 4.80. The SMILES string of the molecule is Cc1nnc(SCC(=O)O)n1/N=C/c1ccc(O)cc1. The zero-order chi connectivity index (χ0) is 14.5. The van der Waals surface area contributed by atoms with E-state index >= 15 is 0 Å². The highest BCUT2D eigenvalue weighted by Crippen LogP contribution is 2.16. The van der Waals surface area contributed by atoms with E-state index in [1.165, 1.54) is 4.68 Å². The van der Waals surface area contributed by atoms with E-state index in [0.717, 1.165) is 17.3 Å². The number of hydrogen-bond donors (Lipinski definition) is 2. The van der Waals surface area contributed by atoms with Crippen LogP contribution in [-0.4, -0.2) is 43.0 Å². The Labute approximate surface area is 119 Å². The topological polar surface area (TPSA) is 101 Å². The van der Waals surface area contributed by atoms with Crippen LogP contribution in [0.4, 0.5) is 0 Å². The molecule has 1 aromatic heterocycles. The van der Waals surface area contributed by atoms with Gasteiger partial charge < -0.3 is 10.2 Å². The third-order valence-electron chi connectivity index (χ3n) is 2.31. The van der Waals surface area contributed by atoms with Crippen LogP contribution in [0.2, 0.25) is 0 Å². The highest BCUT2D eigenvalue weighted by atomic mass is 32.2. The van der Waals surface area contributed by atoms with Gasteiger partial charge in [-0.2, -0.15) is 9.78 Å². The molecule has 0 fully saturated rings. The van der Waals surface area contributed by atoms with E-state index in [4.69, 9.17) is 5.11 Å². The number of hydrogen-bond acceptors (Lipinski definition) is 6. The van der Waals surface area contributed by atoms with Gasteiger partial charge in [0.1, 0.15) is 5.75 Å². The molecule has 0 aliphatic heterocycles. The number of benzene rings is 1. The Morgan fingerprint density at radius 3 is 2.75 bits per heavy atom. The molecular formula is C12H12N4O3S. The molecule has 0 unspecified atom stereocenters. The summed E-state index contributed by atoms with van der Waals surface area (Å²) in [6.45, 7) is 1.73. The Morgan fingerprint density at radius 1 is 1.40 bits per heavy atom. The molecule has 20 heavy (non-hydrogen) atoms. The molecular weight excluding hydrogens is 280 g/mol. The smallest absolute Gasteiger partial charge is 0.313 e. The normalized spacial score (nSPS) is 11.1. The summed E-state index contributed by atoms with van der Waals surface area (Å²) < 4.78 is 1.47. The Bertz CT molecular complexity index is 637. The third-order valence-corrected chi connectivity index (χ3v) is 3.21. The number of thioether (sulfide) groups is 1. The van der Waals surface area contributed by atoms with Gasteiger partial charge >= 0.3 is 5.97 Å². The standard InChI is InChI=1S/C12H12N4O3S/c1-8-14-15-12(20-7-11(18)19)16(8)13-6-9-2-4-10(17)5-3-9/h2-6,17H,7H2,1H3,(H,18,19)/b13-6+. The van der Waals surface area contributed by atoms with Gasteiger partial charge in [0, 0.05) is 0 Å². The lowest BCUT2D eigenvalue weighted by Gasteiger charge is -2.00. The lowest BCUT2D eigenvalue weighted by molar-refractivity contribution is -0.133. The van der Waals surface area contributed by atoms with Crippen LogP contribution >= 0.6 is 11.8 Å². The number of carbonyl (C=O) groups is 1. The molecule has 7 nitrogen and oxygen atoms in total. The van der Waals surface area contributed by atoms with Crippen LogP contribution in [0.3, 0.4) is 0 Å². The molecule has 104 valence electrons. The lowest BCUT2D eigenvalue weighted by atomic mass is 10.2. The van der Waals surface area contributed by atoms with Gasteiger partial charge in [0.15, 0.2) is 5.82 Å². The molecule has 0 aliphatic carbocycles. The monoisotopic (exact) mass is 292 g/mol. The van der Waals surface area contributed by atoms with E-state index < -0.39 is 5.97 Å². The fourth-order valence-corrected chi connectivity index (χ4v) is 2.02. The van der Waals surface area contributed by atoms with Crippen molar-refractivity contribution in [3.63, 3.8) is 0 Å². The van der Waals surface area contributed by atoms with Gasteiger partial charge in [-0.1, -0.05) is 11.8 Å². The average Bonchev–Trinajstić information content (AvgIpc) is 2.76. The first-order valence-corrected chi connectivity index (χ1v) is 6.65. The van der Waals surface area contributed by atoms with Gasteiger partial charge in [-0.15, -0.1) is 10.2 Å². The van der Waals surface area contributed by atoms with Gasteiger partial charge in [-0.05, 0) is 36.8 Å². The maximum Gasteiger partial charge on any atom is 0.313 e. The van der Waals surface area contributed by atoms with Crippen LogP contribution < -0.4 is 0 Å². The minimum absolute atomic E-state index is 0.104. The molecule has 0 aliphatic rings. The van der Waals surface area contributed by atoms with Crippen molar-refractivity contribution in [3.05, 3.63) is 35.7 Å². The molecule has 1 heterocycles. The van der Waals surface area contributed by atoms with Crippen molar-refractivity contribution >= 4 is 23.9 Å². The molecule has 0 amide bonds. The van der Waals surface area contributed by atoms with Crippen LogP contribution in [0.15, 0.2) is 34.5 Å². The molecule has 2 rings (SSSR count). The number of rotatable bonds is 5. The number of aliphatic carboxylic acids is 1. The Morgan fingerprint density at radius 2 is 2.10 bits per heavy atom. The van der Waals surface area contributed by atoms with Crippen LogP contribution in [0.5, 0.6) is 5.75 Å². The molecule has 0 radical (unpaired) electrons. The van der Waals surface area contributed by atoms with Crippen LogP contribution in [0, 0.1) is 6.92 Å². The van der Waals surface area contributed by atoms with E-state index in [-0.39, 0.29) is 11.5 Å². The largest absolute Gasteiger partial charge is 0.508 e. The van der Waals surface area contributed by atoms with Gasteiger partial charge in [-0.3, -0.25) is 4.79 Å². The maximum absolute atomic E-state index is 10.6. The number of nitrogens with zero attached hydrogens (tertiary/aromatic N) is 4. The fourth-order valence-electron chi connectivity index (χ4n) is 1.37. The number of carboxylic acids is 1. The lowest BCUT2D eigenvalue weighted by Crippen LogP contribution is -2.01. The van der Waals surface area contributed by atoms with Crippen molar-refractivity contribution in [2.75, 3.05) is 5.75 Å². The molecule has 0 spiro atoms. The van der Waals surface area contributed by atoms with E-state index in [9.17, 15) is 9.90 Å². The quantitative estimate of drug-likeness (QED) is 0.637. The summed E-state index contributed by atoms with van der Waals surface area (Å²) in [5.74, 6) is -0.287. The molecule has 0 saturated heterocycles. The van der Waals surface area contributed by atoms with Crippen molar-refractivity contribution in [2.24, 2.45) is 5.10 Å². The average molecular weight is 292 g/mol. The molecule has 0 saturated carbocycles. The second-order valence-electron chi connectivity index (χ2n) is 3.86. The predicted octanol–water partition coefficient (Wildman–Crippen LogP) is 1.35. The Balaban J connectivity index is 2.17. The highest BCUT2D eigenvalue weighted by Gasteiger charge is 2.10. The van der Waals surface area contributed by atoms with Crippen molar-refractivity contribution in [3.8, 4) is 5.75 Å². The number of carboxylic acid groups (broad SMARTS) is 1. The summed E-state index contributed by atoms with van der Waals surface area (Å²) in [7, 11) is 0. The van der Waals surface area contributed by atoms with E-state index in [1.54, 1.807) is 37.4 Å².